The first kappa shape index (κ1) is 22.8. The SMILES string of the molecule is COc1ccc2[nH]c(NNS(=O)(=O)c3ccc(C)cc3)c(S(=O)(=O)c3ccc(C)cc3)c2c1. The van der Waals surface area contributed by atoms with Crippen LogP contribution in [0.15, 0.2) is 81.4 Å². The second-order valence-electron chi connectivity index (χ2n) is 7.60. The molecule has 1 aromatic heterocycles. The lowest BCUT2D eigenvalue weighted by Crippen LogP contribution is -2.30. The number of rotatable bonds is 7. The van der Waals surface area contributed by atoms with E-state index in [4.69, 9.17) is 4.74 Å². The van der Waals surface area contributed by atoms with Crippen LogP contribution in [-0.4, -0.2) is 28.9 Å². The van der Waals surface area contributed by atoms with Gasteiger partial charge in [0.25, 0.3) is 10.0 Å². The summed E-state index contributed by atoms with van der Waals surface area (Å²) in [7, 11) is -6.49. The molecule has 0 bridgehead atoms. The lowest BCUT2D eigenvalue weighted by Gasteiger charge is -2.11. The highest BCUT2D eigenvalue weighted by Crippen LogP contribution is 2.36. The van der Waals surface area contributed by atoms with E-state index < -0.39 is 19.9 Å². The normalized spacial score (nSPS) is 12.1. The molecule has 33 heavy (non-hydrogen) atoms. The van der Waals surface area contributed by atoms with Crippen molar-refractivity contribution in [1.82, 2.24) is 9.82 Å². The molecule has 0 aliphatic heterocycles. The van der Waals surface area contributed by atoms with Gasteiger partial charge in [-0.15, -0.1) is 4.83 Å². The van der Waals surface area contributed by atoms with Crippen molar-refractivity contribution < 1.29 is 21.6 Å². The molecule has 172 valence electrons. The molecule has 1 heterocycles. The van der Waals surface area contributed by atoms with Crippen LogP contribution in [0.5, 0.6) is 5.75 Å². The van der Waals surface area contributed by atoms with Gasteiger partial charge in [0.1, 0.15) is 16.5 Å². The van der Waals surface area contributed by atoms with E-state index in [2.05, 4.69) is 15.2 Å². The van der Waals surface area contributed by atoms with Crippen LogP contribution in [-0.2, 0) is 19.9 Å². The Labute approximate surface area is 192 Å². The first-order valence-corrected chi connectivity index (χ1v) is 12.9. The number of aryl methyl sites for hydroxylation is 2. The Morgan fingerprint density at radius 3 is 1.94 bits per heavy atom. The predicted octanol–water partition coefficient (Wildman–Crippen LogP) is 3.93. The molecule has 0 unspecified atom stereocenters. The summed E-state index contributed by atoms with van der Waals surface area (Å²) in [6, 6.07) is 17.7. The van der Waals surface area contributed by atoms with Gasteiger partial charge in [-0.2, -0.15) is 0 Å². The van der Waals surface area contributed by atoms with E-state index in [1.807, 2.05) is 13.8 Å². The highest BCUT2D eigenvalue weighted by molar-refractivity contribution is 7.92. The second-order valence-corrected chi connectivity index (χ2v) is 11.2. The lowest BCUT2D eigenvalue weighted by atomic mass is 10.2. The molecule has 10 heteroatoms. The smallest absolute Gasteiger partial charge is 0.257 e. The molecular formula is C23H23N3O5S2. The van der Waals surface area contributed by atoms with Crippen molar-refractivity contribution in [3.8, 4) is 5.75 Å². The average molecular weight is 486 g/mol. The van der Waals surface area contributed by atoms with E-state index in [1.54, 1.807) is 42.5 Å². The Bertz CT molecular complexity index is 1520. The third kappa shape index (κ3) is 4.45. The van der Waals surface area contributed by atoms with Gasteiger partial charge in [0.2, 0.25) is 9.84 Å². The molecule has 4 aromatic rings. The van der Waals surface area contributed by atoms with Gasteiger partial charge in [0, 0.05) is 10.9 Å². The van der Waals surface area contributed by atoms with Crippen molar-refractivity contribution in [2.45, 2.75) is 28.5 Å². The number of fused-ring (bicyclic) bond motifs is 1. The van der Waals surface area contributed by atoms with Crippen LogP contribution < -0.4 is 15.0 Å². The fourth-order valence-electron chi connectivity index (χ4n) is 3.37. The predicted molar refractivity (Wildman–Crippen MR) is 127 cm³/mol. The van der Waals surface area contributed by atoms with Crippen LogP contribution in [0.2, 0.25) is 0 Å². The largest absolute Gasteiger partial charge is 0.497 e. The molecule has 0 radical (unpaired) electrons. The first-order valence-electron chi connectivity index (χ1n) is 9.98. The Morgan fingerprint density at radius 1 is 0.788 bits per heavy atom. The van der Waals surface area contributed by atoms with E-state index in [-0.39, 0.29) is 20.5 Å². The van der Waals surface area contributed by atoms with Crippen molar-refractivity contribution in [2.75, 3.05) is 12.5 Å². The highest BCUT2D eigenvalue weighted by atomic mass is 32.2. The summed E-state index contributed by atoms with van der Waals surface area (Å²) >= 11 is 0. The maximum Gasteiger partial charge on any atom is 0.257 e. The number of aromatic nitrogens is 1. The average Bonchev–Trinajstić information content (AvgIpc) is 3.16. The van der Waals surface area contributed by atoms with Crippen LogP contribution in [0.1, 0.15) is 11.1 Å². The Balaban J connectivity index is 1.81. The third-order valence-corrected chi connectivity index (χ3v) is 8.32. The fourth-order valence-corrected chi connectivity index (χ4v) is 5.78. The molecule has 0 atom stereocenters. The molecule has 4 rings (SSSR count). The van der Waals surface area contributed by atoms with Gasteiger partial charge in [-0.1, -0.05) is 35.4 Å². The summed E-state index contributed by atoms with van der Waals surface area (Å²) in [5.41, 5.74) is 4.90. The Hall–Kier alpha value is -3.34. The van der Waals surface area contributed by atoms with E-state index in [0.717, 1.165) is 11.1 Å². The van der Waals surface area contributed by atoms with Gasteiger partial charge in [-0.25, -0.2) is 16.8 Å². The fraction of sp³-hybridized carbons (Fsp3) is 0.130. The number of hydrogen-bond acceptors (Lipinski definition) is 6. The number of methoxy groups -OCH3 is 1. The molecule has 0 spiro atoms. The minimum absolute atomic E-state index is 0.00508. The first-order chi connectivity index (χ1) is 15.6. The topological polar surface area (TPSA) is 117 Å². The zero-order valence-corrected chi connectivity index (χ0v) is 19.8. The molecule has 0 amide bonds. The molecule has 8 nitrogen and oxygen atoms in total. The van der Waals surface area contributed by atoms with Crippen LogP contribution in [0.25, 0.3) is 10.9 Å². The van der Waals surface area contributed by atoms with Crippen LogP contribution >= 0.6 is 0 Å². The van der Waals surface area contributed by atoms with Crippen molar-refractivity contribution in [1.29, 1.82) is 0 Å². The quantitative estimate of drug-likeness (QED) is 0.342. The standard InChI is InChI=1S/C23H23N3O5S2/c1-15-4-9-18(10-5-15)32(27,28)22-20-14-17(31-3)8-13-21(20)24-23(22)25-26-33(29,30)19-11-6-16(2)7-12-19/h4-14,24-26H,1-3H3. The second kappa shape index (κ2) is 8.54. The summed E-state index contributed by atoms with van der Waals surface area (Å²) in [4.78, 5) is 5.27. The summed E-state index contributed by atoms with van der Waals surface area (Å²) in [6.07, 6.45) is 0. The van der Waals surface area contributed by atoms with Gasteiger partial charge in [-0.05, 0) is 56.3 Å². The van der Waals surface area contributed by atoms with Gasteiger partial charge in [0.15, 0.2) is 0 Å². The van der Waals surface area contributed by atoms with Crippen molar-refractivity contribution in [2.24, 2.45) is 0 Å². The number of nitrogens with one attached hydrogen (secondary N) is 3. The number of benzene rings is 3. The summed E-state index contributed by atoms with van der Waals surface area (Å²) in [5.74, 6) is 0.461. The number of hydrazine groups is 1. The number of ether oxygens (including phenoxy) is 1. The number of sulfone groups is 1. The van der Waals surface area contributed by atoms with Gasteiger partial charge >= 0.3 is 0 Å². The maximum absolute atomic E-state index is 13.6. The molecule has 0 aliphatic rings. The van der Waals surface area contributed by atoms with E-state index >= 15 is 0 Å². The van der Waals surface area contributed by atoms with Crippen LogP contribution in [0.4, 0.5) is 5.82 Å². The maximum atomic E-state index is 13.6. The van der Waals surface area contributed by atoms with Gasteiger partial charge in [-0.3, -0.25) is 5.43 Å². The molecule has 0 saturated heterocycles. The van der Waals surface area contributed by atoms with E-state index in [1.165, 1.54) is 31.4 Å². The van der Waals surface area contributed by atoms with Gasteiger partial charge in [0.05, 0.1) is 16.9 Å². The van der Waals surface area contributed by atoms with Crippen LogP contribution in [0.3, 0.4) is 0 Å². The highest BCUT2D eigenvalue weighted by Gasteiger charge is 2.28. The van der Waals surface area contributed by atoms with Crippen molar-refractivity contribution >= 4 is 36.6 Å². The molecule has 0 aliphatic carbocycles. The summed E-state index contributed by atoms with van der Waals surface area (Å²) in [6.45, 7) is 3.71. The molecule has 3 aromatic carbocycles. The number of sulfonamides is 1. The number of hydrogen-bond donors (Lipinski definition) is 3. The monoisotopic (exact) mass is 485 g/mol. The molecule has 3 N–H and O–H groups in total. The number of anilines is 1. The lowest BCUT2D eigenvalue weighted by molar-refractivity contribution is 0.415. The Morgan fingerprint density at radius 2 is 1.36 bits per heavy atom. The van der Waals surface area contributed by atoms with E-state index in [0.29, 0.717) is 16.7 Å². The third-order valence-electron chi connectivity index (χ3n) is 5.20. The van der Waals surface area contributed by atoms with Crippen LogP contribution in [0, 0.1) is 13.8 Å². The minimum atomic E-state index is -4.02. The summed E-state index contributed by atoms with van der Waals surface area (Å²) in [5, 5.41) is 0.368. The molecule has 0 fully saturated rings. The number of aromatic amines is 1. The van der Waals surface area contributed by atoms with Gasteiger partial charge < -0.3 is 9.72 Å². The van der Waals surface area contributed by atoms with Crippen molar-refractivity contribution in [3.05, 3.63) is 77.9 Å². The Kier molecular flexibility index (Phi) is 5.91. The van der Waals surface area contributed by atoms with E-state index in [9.17, 15) is 16.8 Å². The molecular weight excluding hydrogens is 462 g/mol. The summed E-state index contributed by atoms with van der Waals surface area (Å²) < 4.78 is 57.9. The number of H-pyrrole nitrogens is 1. The van der Waals surface area contributed by atoms with Crippen molar-refractivity contribution in [3.63, 3.8) is 0 Å². The minimum Gasteiger partial charge on any atom is -0.497 e. The zero-order chi connectivity index (χ0) is 23.8. The zero-order valence-electron chi connectivity index (χ0n) is 18.2. The molecule has 0 saturated carbocycles.